The fourth-order valence-corrected chi connectivity index (χ4v) is 2.76. The number of thiophene rings is 1. The van der Waals surface area contributed by atoms with Crippen molar-refractivity contribution in [1.29, 1.82) is 0 Å². The van der Waals surface area contributed by atoms with Crippen LogP contribution in [-0.4, -0.2) is 5.11 Å². The summed E-state index contributed by atoms with van der Waals surface area (Å²) in [5, 5.41) is 12.3. The average Bonchev–Trinajstić information content (AvgIpc) is 2.69. The van der Waals surface area contributed by atoms with Crippen molar-refractivity contribution >= 4 is 11.3 Å². The van der Waals surface area contributed by atoms with E-state index in [1.54, 1.807) is 11.3 Å². The molecule has 0 saturated heterocycles. The van der Waals surface area contributed by atoms with E-state index in [0.717, 1.165) is 17.9 Å². The lowest BCUT2D eigenvalue weighted by Crippen LogP contribution is -2.21. The van der Waals surface area contributed by atoms with Gasteiger partial charge in [0.25, 0.3) is 0 Å². The third-order valence-electron chi connectivity index (χ3n) is 2.82. The van der Waals surface area contributed by atoms with E-state index in [0.29, 0.717) is 0 Å². The summed E-state index contributed by atoms with van der Waals surface area (Å²) in [6.07, 6.45) is 3.54. The van der Waals surface area contributed by atoms with E-state index in [2.05, 4.69) is 18.4 Å². The molecule has 0 radical (unpaired) electrons. The molecule has 2 rings (SSSR count). The van der Waals surface area contributed by atoms with Crippen molar-refractivity contribution in [2.75, 3.05) is 0 Å². The van der Waals surface area contributed by atoms with Gasteiger partial charge in [-0.15, -0.1) is 11.3 Å². The fraction of sp³-hybridized carbons (Fsp3) is 0.636. The van der Waals surface area contributed by atoms with Crippen LogP contribution in [0.25, 0.3) is 0 Å². The molecule has 0 aromatic carbocycles. The lowest BCUT2D eigenvalue weighted by atomic mass is 9.91. The van der Waals surface area contributed by atoms with E-state index in [9.17, 15) is 5.11 Å². The summed E-state index contributed by atoms with van der Waals surface area (Å²) < 4.78 is 0. The quantitative estimate of drug-likeness (QED) is 0.787. The van der Waals surface area contributed by atoms with Crippen molar-refractivity contribution in [3.05, 3.63) is 21.9 Å². The van der Waals surface area contributed by atoms with Gasteiger partial charge in [0, 0.05) is 4.88 Å². The molecular weight excluding hydrogens is 180 g/mol. The number of rotatable bonds is 3. The Labute approximate surface area is 83.4 Å². The molecule has 13 heavy (non-hydrogen) atoms. The summed E-state index contributed by atoms with van der Waals surface area (Å²) >= 11 is 1.72. The summed E-state index contributed by atoms with van der Waals surface area (Å²) in [6.45, 7) is 4.03. The van der Waals surface area contributed by atoms with Crippen LogP contribution in [0.5, 0.6) is 0 Å². The van der Waals surface area contributed by atoms with Crippen LogP contribution in [-0.2, 0) is 5.60 Å². The maximum absolute atomic E-state index is 10.3. The average molecular weight is 196 g/mol. The number of aryl methyl sites for hydroxylation is 1. The second kappa shape index (κ2) is 3.10. The van der Waals surface area contributed by atoms with Crippen molar-refractivity contribution in [3.63, 3.8) is 0 Å². The highest BCUT2D eigenvalue weighted by Crippen LogP contribution is 2.41. The van der Waals surface area contributed by atoms with Crippen LogP contribution in [0.4, 0.5) is 0 Å². The highest BCUT2D eigenvalue weighted by Gasteiger charge is 2.33. The van der Waals surface area contributed by atoms with E-state index in [4.69, 9.17) is 0 Å². The Balaban J connectivity index is 2.17. The third-order valence-corrected chi connectivity index (χ3v) is 3.67. The standard InChI is InChI=1S/C11H16OS/c1-8-10(5-6-13-8)11(2,12)7-9-3-4-9/h5-6,9,12H,3-4,7H2,1-2H3. The summed E-state index contributed by atoms with van der Waals surface area (Å²) in [5.74, 6) is 0.772. The monoisotopic (exact) mass is 196 g/mol. The molecule has 1 aromatic heterocycles. The van der Waals surface area contributed by atoms with Crippen LogP contribution < -0.4 is 0 Å². The molecule has 72 valence electrons. The van der Waals surface area contributed by atoms with Crippen molar-refractivity contribution in [1.82, 2.24) is 0 Å². The van der Waals surface area contributed by atoms with Gasteiger partial charge in [-0.3, -0.25) is 0 Å². The van der Waals surface area contributed by atoms with Gasteiger partial charge in [0.1, 0.15) is 0 Å². The van der Waals surface area contributed by atoms with Crippen LogP contribution in [0.3, 0.4) is 0 Å². The molecule has 1 heterocycles. The molecule has 1 aromatic rings. The maximum Gasteiger partial charge on any atom is 0.0881 e. The van der Waals surface area contributed by atoms with E-state index in [-0.39, 0.29) is 0 Å². The molecule has 2 heteroatoms. The largest absolute Gasteiger partial charge is 0.385 e. The Kier molecular flexibility index (Phi) is 2.20. The minimum absolute atomic E-state index is 0.592. The predicted molar refractivity (Wildman–Crippen MR) is 56.0 cm³/mol. The summed E-state index contributed by atoms with van der Waals surface area (Å²) in [6, 6.07) is 2.06. The van der Waals surface area contributed by atoms with E-state index < -0.39 is 5.60 Å². The van der Waals surface area contributed by atoms with E-state index in [1.165, 1.54) is 17.7 Å². The van der Waals surface area contributed by atoms with Crippen molar-refractivity contribution in [3.8, 4) is 0 Å². The van der Waals surface area contributed by atoms with Gasteiger partial charge in [0.2, 0.25) is 0 Å². The Morgan fingerprint density at radius 1 is 1.62 bits per heavy atom. The lowest BCUT2D eigenvalue weighted by molar-refractivity contribution is 0.0416. The first kappa shape index (κ1) is 9.22. The van der Waals surface area contributed by atoms with Gasteiger partial charge in [-0.05, 0) is 43.2 Å². The van der Waals surface area contributed by atoms with Gasteiger partial charge < -0.3 is 5.11 Å². The molecule has 0 aliphatic heterocycles. The van der Waals surface area contributed by atoms with Crippen LogP contribution in [0.2, 0.25) is 0 Å². The molecule has 1 N–H and O–H groups in total. The van der Waals surface area contributed by atoms with Crippen molar-refractivity contribution in [2.45, 2.75) is 38.7 Å². The Morgan fingerprint density at radius 2 is 2.31 bits per heavy atom. The summed E-state index contributed by atoms with van der Waals surface area (Å²) in [4.78, 5) is 1.26. The topological polar surface area (TPSA) is 20.2 Å². The molecule has 1 aliphatic rings. The second-order valence-corrected chi connectivity index (χ2v) is 5.43. The molecule has 1 nitrogen and oxygen atoms in total. The van der Waals surface area contributed by atoms with Crippen LogP contribution in [0.1, 0.15) is 36.6 Å². The summed E-state index contributed by atoms with van der Waals surface area (Å²) in [7, 11) is 0. The molecular formula is C11H16OS. The number of hydrogen-bond acceptors (Lipinski definition) is 2. The summed E-state index contributed by atoms with van der Waals surface area (Å²) in [5.41, 5.74) is 0.537. The molecule has 1 atom stereocenters. The lowest BCUT2D eigenvalue weighted by Gasteiger charge is -2.23. The SMILES string of the molecule is Cc1sccc1C(C)(O)CC1CC1. The van der Waals surface area contributed by atoms with E-state index >= 15 is 0 Å². The van der Waals surface area contributed by atoms with Crippen molar-refractivity contribution < 1.29 is 5.11 Å². The first-order chi connectivity index (χ1) is 6.09. The predicted octanol–water partition coefficient (Wildman–Crippen LogP) is 3.06. The molecule has 0 spiro atoms. The highest BCUT2D eigenvalue weighted by molar-refractivity contribution is 7.10. The highest BCUT2D eigenvalue weighted by atomic mass is 32.1. The zero-order chi connectivity index (χ0) is 9.47. The Bertz CT molecular complexity index is 297. The first-order valence-corrected chi connectivity index (χ1v) is 5.74. The zero-order valence-electron chi connectivity index (χ0n) is 8.21. The van der Waals surface area contributed by atoms with Gasteiger partial charge in [0.15, 0.2) is 0 Å². The number of hydrogen-bond donors (Lipinski definition) is 1. The molecule has 0 bridgehead atoms. The fourth-order valence-electron chi connectivity index (χ4n) is 1.94. The van der Waals surface area contributed by atoms with Gasteiger partial charge in [-0.2, -0.15) is 0 Å². The third kappa shape index (κ3) is 1.94. The normalized spacial score (nSPS) is 21.5. The van der Waals surface area contributed by atoms with Gasteiger partial charge >= 0.3 is 0 Å². The maximum atomic E-state index is 10.3. The molecule has 1 unspecified atom stereocenters. The van der Waals surface area contributed by atoms with Crippen LogP contribution >= 0.6 is 11.3 Å². The Hall–Kier alpha value is -0.340. The molecule has 1 saturated carbocycles. The van der Waals surface area contributed by atoms with E-state index in [1.807, 2.05) is 6.92 Å². The van der Waals surface area contributed by atoms with Crippen LogP contribution in [0.15, 0.2) is 11.4 Å². The smallest absolute Gasteiger partial charge is 0.0881 e. The Morgan fingerprint density at radius 3 is 2.77 bits per heavy atom. The molecule has 1 fully saturated rings. The van der Waals surface area contributed by atoms with Crippen LogP contribution in [0, 0.1) is 12.8 Å². The second-order valence-electron chi connectivity index (χ2n) is 4.31. The zero-order valence-corrected chi connectivity index (χ0v) is 9.03. The first-order valence-electron chi connectivity index (χ1n) is 4.86. The number of aliphatic hydroxyl groups is 1. The minimum atomic E-state index is -0.592. The van der Waals surface area contributed by atoms with Crippen molar-refractivity contribution in [2.24, 2.45) is 5.92 Å². The van der Waals surface area contributed by atoms with Gasteiger partial charge in [-0.25, -0.2) is 0 Å². The van der Waals surface area contributed by atoms with Gasteiger partial charge in [0.05, 0.1) is 5.60 Å². The minimum Gasteiger partial charge on any atom is -0.385 e. The molecule has 1 aliphatic carbocycles. The molecule has 0 amide bonds. The van der Waals surface area contributed by atoms with Gasteiger partial charge in [-0.1, -0.05) is 12.8 Å².